The fourth-order valence-electron chi connectivity index (χ4n) is 2.52. The van der Waals surface area contributed by atoms with Gasteiger partial charge in [-0.25, -0.2) is 9.07 Å². The Morgan fingerprint density at radius 1 is 0.931 bits per heavy atom. The molecule has 0 radical (unpaired) electrons. The summed E-state index contributed by atoms with van der Waals surface area (Å²) in [7, 11) is 0. The molecule has 1 heterocycles. The fourth-order valence-corrected chi connectivity index (χ4v) is 2.52. The SMILES string of the molecule is Cc1ccc(-n2ncc(C(=O)NNC(=O)c3ccc(F)cc3)c2C(F)(F)F)cc1. The summed E-state index contributed by atoms with van der Waals surface area (Å²) in [4.78, 5) is 24.2. The molecule has 0 atom stereocenters. The highest BCUT2D eigenvalue weighted by Crippen LogP contribution is 2.33. The summed E-state index contributed by atoms with van der Waals surface area (Å²) in [6, 6.07) is 10.5. The van der Waals surface area contributed by atoms with Crippen LogP contribution in [-0.2, 0) is 6.18 Å². The largest absolute Gasteiger partial charge is 0.434 e. The van der Waals surface area contributed by atoms with Crippen molar-refractivity contribution >= 4 is 11.8 Å². The van der Waals surface area contributed by atoms with Crippen LogP contribution in [0.3, 0.4) is 0 Å². The van der Waals surface area contributed by atoms with Gasteiger partial charge in [-0.2, -0.15) is 18.3 Å². The minimum absolute atomic E-state index is 0.0121. The topological polar surface area (TPSA) is 76.0 Å². The first kappa shape index (κ1) is 20.1. The Morgan fingerprint density at radius 3 is 2.10 bits per heavy atom. The minimum Gasteiger partial charge on any atom is -0.267 e. The molecule has 0 aliphatic carbocycles. The van der Waals surface area contributed by atoms with Crippen LogP contribution >= 0.6 is 0 Å². The number of amides is 2. The molecular formula is C19H14F4N4O2. The molecular weight excluding hydrogens is 392 g/mol. The van der Waals surface area contributed by atoms with E-state index < -0.39 is 35.1 Å². The minimum atomic E-state index is -4.88. The van der Waals surface area contributed by atoms with E-state index in [-0.39, 0.29) is 11.3 Å². The molecule has 2 aromatic carbocycles. The van der Waals surface area contributed by atoms with E-state index in [1.807, 2.05) is 10.9 Å². The van der Waals surface area contributed by atoms with Gasteiger partial charge in [0.05, 0.1) is 17.4 Å². The number of aryl methyl sites for hydroxylation is 1. The molecule has 0 bridgehead atoms. The summed E-state index contributed by atoms with van der Waals surface area (Å²) < 4.78 is 54.3. The van der Waals surface area contributed by atoms with Crippen LogP contribution in [0.25, 0.3) is 5.69 Å². The summed E-state index contributed by atoms with van der Waals surface area (Å²) in [5.74, 6) is -2.59. The number of nitrogens with zero attached hydrogens (tertiary/aromatic N) is 2. The van der Waals surface area contributed by atoms with Gasteiger partial charge in [-0.1, -0.05) is 17.7 Å². The molecule has 29 heavy (non-hydrogen) atoms. The highest BCUT2D eigenvalue weighted by molar-refractivity contribution is 5.99. The smallest absolute Gasteiger partial charge is 0.267 e. The van der Waals surface area contributed by atoms with Gasteiger partial charge in [0.15, 0.2) is 5.69 Å². The zero-order valence-corrected chi connectivity index (χ0v) is 14.9. The average molecular weight is 406 g/mol. The molecule has 2 N–H and O–H groups in total. The standard InChI is InChI=1S/C19H14F4N4O2/c1-11-2-8-14(9-3-11)27-16(19(21,22)23)15(10-24-27)18(29)26-25-17(28)12-4-6-13(20)7-5-12/h2-10H,1H3,(H,25,28)(H,26,29). The molecule has 150 valence electrons. The van der Waals surface area contributed by atoms with Crippen molar-refractivity contribution in [3.05, 3.63) is 82.9 Å². The number of aromatic nitrogens is 2. The number of carbonyl (C=O) groups excluding carboxylic acids is 2. The molecule has 6 nitrogen and oxygen atoms in total. The van der Waals surface area contributed by atoms with Crippen molar-refractivity contribution in [2.75, 3.05) is 0 Å². The molecule has 3 aromatic rings. The Hall–Kier alpha value is -3.69. The lowest BCUT2D eigenvalue weighted by Gasteiger charge is -2.13. The zero-order chi connectivity index (χ0) is 21.2. The van der Waals surface area contributed by atoms with Crippen LogP contribution in [-0.4, -0.2) is 21.6 Å². The third-order valence-electron chi connectivity index (χ3n) is 3.96. The molecule has 0 saturated heterocycles. The van der Waals surface area contributed by atoms with Crippen molar-refractivity contribution in [1.29, 1.82) is 0 Å². The van der Waals surface area contributed by atoms with E-state index in [0.717, 1.165) is 36.0 Å². The third-order valence-corrected chi connectivity index (χ3v) is 3.96. The Kier molecular flexibility index (Phi) is 5.35. The number of alkyl halides is 3. The predicted molar refractivity (Wildman–Crippen MR) is 94.6 cm³/mol. The van der Waals surface area contributed by atoms with E-state index in [2.05, 4.69) is 5.10 Å². The Balaban J connectivity index is 1.84. The first-order chi connectivity index (χ1) is 13.7. The van der Waals surface area contributed by atoms with Crippen LogP contribution in [0.15, 0.2) is 54.7 Å². The molecule has 0 aliphatic rings. The van der Waals surface area contributed by atoms with Crippen LogP contribution in [0.1, 0.15) is 32.0 Å². The number of hydrogen-bond acceptors (Lipinski definition) is 3. The van der Waals surface area contributed by atoms with E-state index >= 15 is 0 Å². The van der Waals surface area contributed by atoms with Crippen molar-refractivity contribution in [2.24, 2.45) is 0 Å². The highest BCUT2D eigenvalue weighted by Gasteiger charge is 2.40. The van der Waals surface area contributed by atoms with Crippen LogP contribution < -0.4 is 10.9 Å². The second kappa shape index (κ2) is 7.74. The molecule has 10 heteroatoms. The van der Waals surface area contributed by atoms with Gasteiger partial charge in [-0.3, -0.25) is 20.4 Å². The van der Waals surface area contributed by atoms with Gasteiger partial charge < -0.3 is 0 Å². The van der Waals surface area contributed by atoms with Gasteiger partial charge in [0, 0.05) is 5.56 Å². The monoisotopic (exact) mass is 406 g/mol. The maximum Gasteiger partial charge on any atom is 0.434 e. The number of carbonyl (C=O) groups is 2. The van der Waals surface area contributed by atoms with Crippen LogP contribution in [0.4, 0.5) is 17.6 Å². The van der Waals surface area contributed by atoms with E-state index in [4.69, 9.17) is 0 Å². The van der Waals surface area contributed by atoms with Gasteiger partial charge >= 0.3 is 6.18 Å². The summed E-state index contributed by atoms with van der Waals surface area (Å²) >= 11 is 0. The van der Waals surface area contributed by atoms with Gasteiger partial charge in [-0.05, 0) is 43.3 Å². The third kappa shape index (κ3) is 4.42. The van der Waals surface area contributed by atoms with Crippen LogP contribution in [0, 0.1) is 12.7 Å². The van der Waals surface area contributed by atoms with Crippen molar-refractivity contribution in [2.45, 2.75) is 13.1 Å². The fraction of sp³-hybridized carbons (Fsp3) is 0.105. The van der Waals surface area contributed by atoms with Gasteiger partial charge in [-0.15, -0.1) is 0 Å². The molecule has 2 amide bonds. The van der Waals surface area contributed by atoms with Crippen LogP contribution in [0.2, 0.25) is 0 Å². The molecule has 0 fully saturated rings. The van der Waals surface area contributed by atoms with Crippen molar-refractivity contribution in [1.82, 2.24) is 20.6 Å². The van der Waals surface area contributed by atoms with Crippen molar-refractivity contribution in [3.63, 3.8) is 0 Å². The highest BCUT2D eigenvalue weighted by atomic mass is 19.4. The van der Waals surface area contributed by atoms with Gasteiger partial charge in [0.1, 0.15) is 5.82 Å². The molecule has 3 rings (SSSR count). The maximum absolute atomic E-state index is 13.6. The lowest BCUT2D eigenvalue weighted by Crippen LogP contribution is -2.42. The maximum atomic E-state index is 13.6. The van der Waals surface area contributed by atoms with Crippen LogP contribution in [0.5, 0.6) is 0 Å². The summed E-state index contributed by atoms with van der Waals surface area (Å²) in [5, 5.41) is 3.68. The average Bonchev–Trinajstić information content (AvgIpc) is 3.13. The molecule has 0 aliphatic heterocycles. The van der Waals surface area contributed by atoms with Crippen molar-refractivity contribution < 1.29 is 27.2 Å². The normalized spacial score (nSPS) is 11.2. The summed E-state index contributed by atoms with van der Waals surface area (Å²) in [6.45, 7) is 1.78. The molecule has 1 aromatic heterocycles. The number of nitrogens with one attached hydrogen (secondary N) is 2. The second-order valence-corrected chi connectivity index (χ2v) is 6.07. The number of rotatable bonds is 3. The zero-order valence-electron chi connectivity index (χ0n) is 14.9. The summed E-state index contributed by atoms with van der Waals surface area (Å²) in [6.07, 6.45) is -4.11. The molecule has 0 unspecified atom stereocenters. The van der Waals surface area contributed by atoms with E-state index in [1.165, 1.54) is 12.1 Å². The lowest BCUT2D eigenvalue weighted by atomic mass is 10.2. The number of halogens is 4. The van der Waals surface area contributed by atoms with Gasteiger partial charge in [0.25, 0.3) is 11.8 Å². The Labute approximate surface area is 162 Å². The van der Waals surface area contributed by atoms with E-state index in [9.17, 15) is 27.2 Å². The second-order valence-electron chi connectivity index (χ2n) is 6.07. The quantitative estimate of drug-likeness (QED) is 0.517. The number of hydrazine groups is 1. The van der Waals surface area contributed by atoms with E-state index in [0.29, 0.717) is 4.68 Å². The predicted octanol–water partition coefficient (Wildman–Crippen LogP) is 3.41. The van der Waals surface area contributed by atoms with Crippen molar-refractivity contribution in [3.8, 4) is 5.69 Å². The number of benzene rings is 2. The number of hydrogen-bond donors (Lipinski definition) is 2. The Morgan fingerprint density at radius 2 is 1.52 bits per heavy atom. The lowest BCUT2D eigenvalue weighted by molar-refractivity contribution is -0.143. The molecule has 0 spiro atoms. The van der Waals surface area contributed by atoms with Gasteiger partial charge in [0.2, 0.25) is 0 Å². The Bertz CT molecular complexity index is 1040. The van der Waals surface area contributed by atoms with E-state index in [1.54, 1.807) is 19.1 Å². The molecule has 0 saturated carbocycles. The summed E-state index contributed by atoms with van der Waals surface area (Å²) in [5.41, 5.74) is 2.83. The first-order valence-electron chi connectivity index (χ1n) is 8.25. The first-order valence-corrected chi connectivity index (χ1v) is 8.25.